The molecule has 2 aromatic carbocycles. The van der Waals surface area contributed by atoms with Crippen LogP contribution in [0.15, 0.2) is 60.0 Å². The van der Waals surface area contributed by atoms with Crippen LogP contribution < -0.4 is 5.32 Å². The SMILES string of the molecule is O=C(NCc1ccc(-c2nc(-c3ccccc3)cs2)cc1)C(F)(F)F. The maximum atomic E-state index is 12.2. The first-order valence-electron chi connectivity index (χ1n) is 7.39. The van der Waals surface area contributed by atoms with E-state index in [-0.39, 0.29) is 6.54 Å². The Labute approximate surface area is 146 Å². The molecule has 0 radical (unpaired) electrons. The van der Waals surface area contributed by atoms with E-state index in [0.29, 0.717) is 5.56 Å². The van der Waals surface area contributed by atoms with Crippen molar-refractivity contribution >= 4 is 17.2 Å². The molecule has 0 aliphatic heterocycles. The van der Waals surface area contributed by atoms with Crippen LogP contribution in [0.25, 0.3) is 21.8 Å². The summed E-state index contributed by atoms with van der Waals surface area (Å²) in [5.41, 5.74) is 3.36. The van der Waals surface area contributed by atoms with E-state index in [1.165, 1.54) is 11.3 Å². The van der Waals surface area contributed by atoms with Crippen LogP contribution in [-0.2, 0) is 11.3 Å². The van der Waals surface area contributed by atoms with Gasteiger partial charge in [0.25, 0.3) is 0 Å². The van der Waals surface area contributed by atoms with Gasteiger partial charge in [0.2, 0.25) is 0 Å². The van der Waals surface area contributed by atoms with Crippen molar-refractivity contribution < 1.29 is 18.0 Å². The number of hydrogen-bond acceptors (Lipinski definition) is 3. The highest BCUT2D eigenvalue weighted by atomic mass is 32.1. The topological polar surface area (TPSA) is 42.0 Å². The Balaban J connectivity index is 1.69. The van der Waals surface area contributed by atoms with Crippen LogP contribution in [0.5, 0.6) is 0 Å². The summed E-state index contributed by atoms with van der Waals surface area (Å²) in [6.45, 7) is -0.175. The van der Waals surface area contributed by atoms with Gasteiger partial charge < -0.3 is 5.32 Å². The fourth-order valence-electron chi connectivity index (χ4n) is 2.20. The van der Waals surface area contributed by atoms with Gasteiger partial charge in [-0.25, -0.2) is 4.98 Å². The molecule has 3 aromatic rings. The molecule has 0 aliphatic rings. The van der Waals surface area contributed by atoms with Gasteiger partial charge in [0.1, 0.15) is 5.01 Å². The number of nitrogens with zero attached hydrogens (tertiary/aromatic N) is 1. The minimum atomic E-state index is -4.87. The molecular weight excluding hydrogens is 349 g/mol. The zero-order valence-corrected chi connectivity index (χ0v) is 13.7. The van der Waals surface area contributed by atoms with Gasteiger partial charge in [-0.3, -0.25) is 4.79 Å². The van der Waals surface area contributed by atoms with E-state index in [0.717, 1.165) is 21.8 Å². The largest absolute Gasteiger partial charge is 0.471 e. The lowest BCUT2D eigenvalue weighted by molar-refractivity contribution is -0.173. The molecule has 7 heteroatoms. The number of nitrogens with one attached hydrogen (secondary N) is 1. The van der Waals surface area contributed by atoms with Crippen LogP contribution in [0.4, 0.5) is 13.2 Å². The van der Waals surface area contributed by atoms with E-state index in [1.807, 2.05) is 41.0 Å². The van der Waals surface area contributed by atoms with Gasteiger partial charge in [-0.1, -0.05) is 54.6 Å². The number of alkyl halides is 3. The molecule has 1 aromatic heterocycles. The van der Waals surface area contributed by atoms with Crippen molar-refractivity contribution in [2.75, 3.05) is 0 Å². The van der Waals surface area contributed by atoms with Crippen molar-refractivity contribution in [3.63, 3.8) is 0 Å². The van der Waals surface area contributed by atoms with E-state index in [4.69, 9.17) is 0 Å². The molecule has 1 heterocycles. The van der Waals surface area contributed by atoms with Crippen LogP contribution in [0.1, 0.15) is 5.56 Å². The summed E-state index contributed by atoms with van der Waals surface area (Å²) in [7, 11) is 0. The second-order valence-electron chi connectivity index (χ2n) is 5.28. The van der Waals surface area contributed by atoms with Crippen LogP contribution in [-0.4, -0.2) is 17.1 Å². The number of carbonyl (C=O) groups excluding carboxylic acids is 1. The number of amides is 1. The normalized spacial score (nSPS) is 11.3. The Bertz CT molecular complexity index is 858. The molecule has 128 valence electrons. The van der Waals surface area contributed by atoms with Crippen molar-refractivity contribution in [1.82, 2.24) is 10.3 Å². The van der Waals surface area contributed by atoms with Gasteiger partial charge in [-0.15, -0.1) is 11.3 Å². The van der Waals surface area contributed by atoms with Gasteiger partial charge in [-0.2, -0.15) is 13.2 Å². The molecule has 3 rings (SSSR count). The van der Waals surface area contributed by atoms with Gasteiger partial charge in [0, 0.05) is 23.1 Å². The van der Waals surface area contributed by atoms with Crippen molar-refractivity contribution in [3.05, 3.63) is 65.5 Å². The van der Waals surface area contributed by atoms with E-state index in [2.05, 4.69) is 4.98 Å². The smallest absolute Gasteiger partial charge is 0.344 e. The standard InChI is InChI=1S/C18H13F3N2OS/c19-18(20,21)17(24)22-10-12-6-8-14(9-7-12)16-23-15(11-25-16)13-4-2-1-3-5-13/h1-9,11H,10H2,(H,22,24). The van der Waals surface area contributed by atoms with E-state index in [1.54, 1.807) is 24.3 Å². The quantitative estimate of drug-likeness (QED) is 0.734. The summed E-state index contributed by atoms with van der Waals surface area (Å²) < 4.78 is 36.5. The minimum Gasteiger partial charge on any atom is -0.344 e. The Morgan fingerprint density at radius 3 is 2.32 bits per heavy atom. The number of benzene rings is 2. The highest BCUT2D eigenvalue weighted by molar-refractivity contribution is 7.13. The summed E-state index contributed by atoms with van der Waals surface area (Å²) in [4.78, 5) is 15.4. The zero-order valence-electron chi connectivity index (χ0n) is 12.9. The van der Waals surface area contributed by atoms with Gasteiger partial charge in [0.05, 0.1) is 5.69 Å². The van der Waals surface area contributed by atoms with Crippen molar-refractivity contribution in [3.8, 4) is 21.8 Å². The molecule has 1 amide bonds. The lowest BCUT2D eigenvalue weighted by atomic mass is 10.1. The maximum absolute atomic E-state index is 12.2. The van der Waals surface area contributed by atoms with Gasteiger partial charge in [-0.05, 0) is 5.56 Å². The summed E-state index contributed by atoms with van der Waals surface area (Å²) in [5, 5.41) is 4.63. The Morgan fingerprint density at radius 2 is 1.68 bits per heavy atom. The number of carbonyl (C=O) groups is 1. The summed E-state index contributed by atoms with van der Waals surface area (Å²) >= 11 is 1.50. The molecule has 0 atom stereocenters. The number of aromatic nitrogens is 1. The van der Waals surface area contributed by atoms with Gasteiger partial charge >= 0.3 is 12.1 Å². The molecule has 0 aliphatic carbocycles. The Kier molecular flexibility index (Phi) is 4.85. The highest BCUT2D eigenvalue weighted by Gasteiger charge is 2.38. The van der Waals surface area contributed by atoms with Crippen molar-refractivity contribution in [1.29, 1.82) is 0 Å². The molecule has 0 bridgehead atoms. The first-order chi connectivity index (χ1) is 11.9. The summed E-state index contributed by atoms with van der Waals surface area (Å²) in [5.74, 6) is -1.94. The third kappa shape index (κ3) is 4.24. The molecule has 0 unspecified atom stereocenters. The predicted octanol–water partition coefficient (Wildman–Crippen LogP) is 4.66. The van der Waals surface area contributed by atoms with Gasteiger partial charge in [0.15, 0.2) is 0 Å². The van der Waals surface area contributed by atoms with E-state index in [9.17, 15) is 18.0 Å². The molecule has 3 nitrogen and oxygen atoms in total. The second kappa shape index (κ2) is 7.06. The van der Waals surface area contributed by atoms with E-state index < -0.39 is 12.1 Å². The number of thiazole rings is 1. The molecule has 0 spiro atoms. The fraction of sp³-hybridized carbons (Fsp3) is 0.111. The molecule has 0 saturated carbocycles. The van der Waals surface area contributed by atoms with Crippen LogP contribution in [0.3, 0.4) is 0 Å². The second-order valence-corrected chi connectivity index (χ2v) is 6.14. The van der Waals surface area contributed by atoms with Crippen LogP contribution in [0, 0.1) is 0 Å². The third-order valence-corrected chi connectivity index (χ3v) is 4.38. The molecule has 0 saturated heterocycles. The average molecular weight is 362 g/mol. The predicted molar refractivity (Wildman–Crippen MR) is 90.9 cm³/mol. The van der Waals surface area contributed by atoms with Crippen LogP contribution >= 0.6 is 11.3 Å². The van der Waals surface area contributed by atoms with E-state index >= 15 is 0 Å². The lowest BCUT2D eigenvalue weighted by Crippen LogP contribution is -2.36. The minimum absolute atomic E-state index is 0.175. The summed E-state index contributed by atoms with van der Waals surface area (Å²) in [6.07, 6.45) is -4.87. The fourth-order valence-corrected chi connectivity index (χ4v) is 3.03. The lowest BCUT2D eigenvalue weighted by Gasteiger charge is -2.08. The summed E-state index contributed by atoms with van der Waals surface area (Å²) in [6, 6.07) is 16.7. The van der Waals surface area contributed by atoms with Crippen molar-refractivity contribution in [2.45, 2.75) is 12.7 Å². The molecule has 0 fully saturated rings. The number of hydrogen-bond donors (Lipinski definition) is 1. The molecule has 1 N–H and O–H groups in total. The average Bonchev–Trinajstić information content (AvgIpc) is 3.10. The van der Waals surface area contributed by atoms with Crippen molar-refractivity contribution in [2.24, 2.45) is 0 Å². The molecular formula is C18H13F3N2OS. The molecule has 25 heavy (non-hydrogen) atoms. The van der Waals surface area contributed by atoms with Crippen LogP contribution in [0.2, 0.25) is 0 Å². The highest BCUT2D eigenvalue weighted by Crippen LogP contribution is 2.28. The maximum Gasteiger partial charge on any atom is 0.471 e. The third-order valence-electron chi connectivity index (χ3n) is 3.49. The number of rotatable bonds is 4. The first-order valence-corrected chi connectivity index (χ1v) is 8.27. The Morgan fingerprint density at radius 1 is 1.00 bits per heavy atom. The monoisotopic (exact) mass is 362 g/mol. The number of halogens is 3. The zero-order chi connectivity index (χ0) is 17.9. The first kappa shape index (κ1) is 17.2. The Hall–Kier alpha value is -2.67.